The molecule has 0 bridgehead atoms. The minimum absolute atomic E-state index is 1.08. The topological polar surface area (TPSA) is 25.8 Å². The second-order valence-corrected chi connectivity index (χ2v) is 4.00. The Balaban J connectivity index is 2.02. The average molecular weight is 208 g/mol. The summed E-state index contributed by atoms with van der Waals surface area (Å²) in [4.78, 5) is 8.05. The summed E-state index contributed by atoms with van der Waals surface area (Å²) in [5, 5.41) is 0. The quantitative estimate of drug-likeness (QED) is 0.720. The molecule has 2 aromatic rings. The maximum atomic E-state index is 4.03. The van der Waals surface area contributed by atoms with Crippen LogP contribution >= 0.6 is 0 Å². The van der Waals surface area contributed by atoms with Gasteiger partial charge >= 0.3 is 0 Å². The number of fused-ring (bicyclic) bond motifs is 1. The van der Waals surface area contributed by atoms with E-state index in [4.69, 9.17) is 0 Å². The third-order valence-corrected chi connectivity index (χ3v) is 2.95. The van der Waals surface area contributed by atoms with E-state index in [1.165, 1.54) is 16.7 Å². The van der Waals surface area contributed by atoms with Crippen molar-refractivity contribution in [1.29, 1.82) is 0 Å². The van der Waals surface area contributed by atoms with Crippen molar-refractivity contribution in [2.45, 2.75) is 12.8 Å². The highest BCUT2D eigenvalue weighted by Gasteiger charge is 2.14. The molecule has 0 unspecified atom stereocenters. The zero-order valence-electron chi connectivity index (χ0n) is 8.93. The Morgan fingerprint density at radius 3 is 2.69 bits per heavy atom. The summed E-state index contributed by atoms with van der Waals surface area (Å²) in [6.07, 6.45) is 9.71. The highest BCUT2D eigenvalue weighted by molar-refractivity contribution is 5.84. The largest absolute Gasteiger partial charge is 0.244 e. The lowest BCUT2D eigenvalue weighted by molar-refractivity contribution is 1.08. The molecule has 0 spiro atoms. The lowest BCUT2D eigenvalue weighted by Gasteiger charge is -2.00. The van der Waals surface area contributed by atoms with E-state index in [1.54, 1.807) is 6.33 Å². The Kier molecular flexibility index (Phi) is 2.26. The maximum Gasteiger partial charge on any atom is 0.115 e. The van der Waals surface area contributed by atoms with E-state index in [9.17, 15) is 0 Å². The Hall–Kier alpha value is -1.96. The lowest BCUT2D eigenvalue weighted by Crippen LogP contribution is -1.82. The standard InChI is InChI=1S/C14H12N2/c1-2-4-14-12(3-1)5-6-13(14)7-11-8-15-10-16-9-11/h1-4,7-10H,5-6H2. The van der Waals surface area contributed by atoms with Crippen molar-refractivity contribution in [3.8, 4) is 0 Å². The summed E-state index contributed by atoms with van der Waals surface area (Å²) in [7, 11) is 0. The van der Waals surface area contributed by atoms with E-state index in [0.29, 0.717) is 0 Å². The van der Waals surface area contributed by atoms with Gasteiger partial charge in [-0.3, -0.25) is 0 Å². The first-order chi connectivity index (χ1) is 7.93. The van der Waals surface area contributed by atoms with Crippen molar-refractivity contribution in [2.24, 2.45) is 0 Å². The molecular weight excluding hydrogens is 196 g/mol. The molecule has 0 saturated carbocycles. The van der Waals surface area contributed by atoms with E-state index < -0.39 is 0 Å². The van der Waals surface area contributed by atoms with Crippen molar-refractivity contribution in [1.82, 2.24) is 9.97 Å². The van der Waals surface area contributed by atoms with Gasteiger partial charge in [-0.15, -0.1) is 0 Å². The molecule has 0 radical (unpaired) electrons. The zero-order chi connectivity index (χ0) is 10.8. The van der Waals surface area contributed by atoms with Crippen molar-refractivity contribution < 1.29 is 0 Å². The summed E-state index contributed by atoms with van der Waals surface area (Å²) in [6, 6.07) is 8.60. The minimum Gasteiger partial charge on any atom is -0.244 e. The number of rotatable bonds is 1. The fourth-order valence-electron chi connectivity index (χ4n) is 2.19. The van der Waals surface area contributed by atoms with Crippen molar-refractivity contribution in [3.63, 3.8) is 0 Å². The molecule has 1 aromatic carbocycles. The summed E-state index contributed by atoms with van der Waals surface area (Å²) >= 11 is 0. The van der Waals surface area contributed by atoms with Crippen LogP contribution in [0.15, 0.2) is 43.0 Å². The van der Waals surface area contributed by atoms with Gasteiger partial charge in [-0.2, -0.15) is 0 Å². The van der Waals surface area contributed by atoms with Gasteiger partial charge in [0.25, 0.3) is 0 Å². The molecule has 1 heterocycles. The van der Waals surface area contributed by atoms with Gasteiger partial charge in [-0.25, -0.2) is 9.97 Å². The van der Waals surface area contributed by atoms with Gasteiger partial charge in [0.15, 0.2) is 0 Å². The predicted molar refractivity (Wildman–Crippen MR) is 64.7 cm³/mol. The molecule has 78 valence electrons. The Morgan fingerprint density at radius 2 is 1.81 bits per heavy atom. The summed E-state index contributed by atoms with van der Waals surface area (Å²) in [5.74, 6) is 0. The Bertz CT molecular complexity index is 529. The molecule has 16 heavy (non-hydrogen) atoms. The maximum absolute atomic E-state index is 4.03. The predicted octanol–water partition coefficient (Wildman–Crippen LogP) is 2.96. The fraction of sp³-hybridized carbons (Fsp3) is 0.143. The van der Waals surface area contributed by atoms with Crippen LogP contribution in [0.5, 0.6) is 0 Å². The Labute approximate surface area is 94.7 Å². The van der Waals surface area contributed by atoms with Crippen LogP contribution in [-0.2, 0) is 6.42 Å². The summed E-state index contributed by atoms with van der Waals surface area (Å²) in [6.45, 7) is 0. The van der Waals surface area contributed by atoms with Crippen molar-refractivity contribution in [2.75, 3.05) is 0 Å². The Morgan fingerprint density at radius 1 is 1.00 bits per heavy atom. The van der Waals surface area contributed by atoms with Gasteiger partial charge in [0.05, 0.1) is 0 Å². The first kappa shape index (κ1) is 9.28. The van der Waals surface area contributed by atoms with Gasteiger partial charge in [-0.05, 0) is 35.6 Å². The van der Waals surface area contributed by atoms with Crippen LogP contribution in [0.1, 0.15) is 23.1 Å². The SMILES string of the molecule is C(=C1CCc2ccccc21)c1cncnc1. The molecule has 3 rings (SSSR count). The van der Waals surface area contributed by atoms with E-state index in [-0.39, 0.29) is 0 Å². The molecule has 0 N–H and O–H groups in total. The second kappa shape index (κ2) is 3.89. The number of hydrogen-bond donors (Lipinski definition) is 0. The van der Waals surface area contributed by atoms with Crippen LogP contribution in [0.2, 0.25) is 0 Å². The molecule has 0 amide bonds. The molecule has 1 aliphatic rings. The number of aromatic nitrogens is 2. The fourth-order valence-corrected chi connectivity index (χ4v) is 2.19. The molecule has 2 nitrogen and oxygen atoms in total. The van der Waals surface area contributed by atoms with E-state index in [1.807, 2.05) is 12.4 Å². The molecular formula is C14H12N2. The number of nitrogens with zero attached hydrogens (tertiary/aromatic N) is 2. The van der Waals surface area contributed by atoms with Crippen LogP contribution in [0.3, 0.4) is 0 Å². The summed E-state index contributed by atoms with van der Waals surface area (Å²) < 4.78 is 0. The van der Waals surface area contributed by atoms with E-state index in [2.05, 4.69) is 40.3 Å². The van der Waals surface area contributed by atoms with Crippen LogP contribution in [-0.4, -0.2) is 9.97 Å². The van der Waals surface area contributed by atoms with E-state index >= 15 is 0 Å². The first-order valence-corrected chi connectivity index (χ1v) is 5.47. The third kappa shape index (κ3) is 1.63. The van der Waals surface area contributed by atoms with Gasteiger partial charge in [0.2, 0.25) is 0 Å². The van der Waals surface area contributed by atoms with Crippen molar-refractivity contribution in [3.05, 3.63) is 59.7 Å². The first-order valence-electron chi connectivity index (χ1n) is 5.47. The number of benzene rings is 1. The zero-order valence-corrected chi connectivity index (χ0v) is 8.93. The molecule has 0 atom stereocenters. The molecule has 0 saturated heterocycles. The van der Waals surface area contributed by atoms with Crippen LogP contribution in [0, 0.1) is 0 Å². The number of hydrogen-bond acceptors (Lipinski definition) is 2. The van der Waals surface area contributed by atoms with E-state index in [0.717, 1.165) is 18.4 Å². The number of allylic oxidation sites excluding steroid dienone is 1. The highest BCUT2D eigenvalue weighted by atomic mass is 14.8. The molecule has 1 aromatic heterocycles. The molecule has 2 heteroatoms. The van der Waals surface area contributed by atoms with Gasteiger partial charge in [0, 0.05) is 18.0 Å². The van der Waals surface area contributed by atoms with Crippen LogP contribution in [0.25, 0.3) is 11.6 Å². The second-order valence-electron chi connectivity index (χ2n) is 4.00. The average Bonchev–Trinajstić information content (AvgIpc) is 2.74. The van der Waals surface area contributed by atoms with Gasteiger partial charge in [0.1, 0.15) is 6.33 Å². The lowest BCUT2D eigenvalue weighted by atomic mass is 10.1. The van der Waals surface area contributed by atoms with Crippen LogP contribution in [0.4, 0.5) is 0 Å². The van der Waals surface area contributed by atoms with Crippen molar-refractivity contribution >= 4 is 11.6 Å². The molecule has 0 aliphatic heterocycles. The normalized spacial score (nSPS) is 16.4. The minimum atomic E-state index is 1.08. The monoisotopic (exact) mass is 208 g/mol. The smallest absolute Gasteiger partial charge is 0.115 e. The number of aryl methyl sites for hydroxylation is 1. The van der Waals surface area contributed by atoms with Crippen LogP contribution < -0.4 is 0 Å². The highest BCUT2D eigenvalue weighted by Crippen LogP contribution is 2.32. The van der Waals surface area contributed by atoms with Gasteiger partial charge < -0.3 is 0 Å². The van der Waals surface area contributed by atoms with Gasteiger partial charge in [-0.1, -0.05) is 24.3 Å². The third-order valence-electron chi connectivity index (χ3n) is 2.95. The molecule has 0 fully saturated rings. The summed E-state index contributed by atoms with van der Waals surface area (Å²) in [5.41, 5.74) is 5.30. The molecule has 1 aliphatic carbocycles.